The minimum absolute atomic E-state index is 0.104. The first-order valence-corrected chi connectivity index (χ1v) is 12.1. The molecule has 0 radical (unpaired) electrons. The van der Waals surface area contributed by atoms with E-state index < -0.39 is 21.7 Å². The lowest BCUT2D eigenvalue weighted by Crippen LogP contribution is -2.35. The molecule has 0 saturated carbocycles. The van der Waals surface area contributed by atoms with Crippen molar-refractivity contribution in [1.29, 1.82) is 0 Å². The zero-order valence-electron chi connectivity index (χ0n) is 18.7. The third-order valence-corrected chi connectivity index (χ3v) is 6.66. The number of hydrogen-bond donors (Lipinski definition) is 2. The van der Waals surface area contributed by atoms with Gasteiger partial charge in [0.25, 0.3) is 15.9 Å². The average molecular weight is 492 g/mol. The molecule has 7 nitrogen and oxygen atoms in total. The van der Waals surface area contributed by atoms with E-state index in [-0.39, 0.29) is 28.6 Å². The Morgan fingerprint density at radius 3 is 2.34 bits per heavy atom. The number of rotatable bonds is 7. The summed E-state index contributed by atoms with van der Waals surface area (Å²) in [6.45, 7) is -0.229. The normalized spacial score (nSPS) is 11.1. The van der Waals surface area contributed by atoms with Crippen LogP contribution in [0.5, 0.6) is 0 Å². The van der Waals surface area contributed by atoms with Crippen LogP contribution >= 0.6 is 0 Å². The number of hydrogen-bond acceptors (Lipinski definition) is 4. The highest BCUT2D eigenvalue weighted by Gasteiger charge is 2.20. The molecule has 4 aromatic carbocycles. The highest BCUT2D eigenvalue weighted by Crippen LogP contribution is 2.23. The molecule has 0 aromatic heterocycles. The number of anilines is 2. The standard InChI is InChI=1S/C26H22FN3O4S/c1-30(17-25(31)28-24-11-5-7-18-6-2-3-10-23(18)24)26(32)19-8-4-9-22(16-19)35(33,34)29-21-14-12-20(27)13-15-21/h2-16,29H,17H2,1H3,(H,28,31). The molecule has 9 heteroatoms. The molecule has 0 saturated heterocycles. The summed E-state index contributed by atoms with van der Waals surface area (Å²) in [5, 5.41) is 4.68. The van der Waals surface area contributed by atoms with Crippen molar-refractivity contribution in [3.63, 3.8) is 0 Å². The van der Waals surface area contributed by atoms with Crippen molar-refractivity contribution < 1.29 is 22.4 Å². The van der Waals surface area contributed by atoms with Gasteiger partial charge in [0.2, 0.25) is 5.91 Å². The fourth-order valence-corrected chi connectivity index (χ4v) is 4.66. The Kier molecular flexibility index (Phi) is 6.79. The van der Waals surface area contributed by atoms with Crippen molar-refractivity contribution in [2.75, 3.05) is 23.6 Å². The fourth-order valence-electron chi connectivity index (χ4n) is 3.56. The molecule has 2 N–H and O–H groups in total. The van der Waals surface area contributed by atoms with Gasteiger partial charge < -0.3 is 10.2 Å². The lowest BCUT2D eigenvalue weighted by molar-refractivity contribution is -0.116. The van der Waals surface area contributed by atoms with Crippen LogP contribution in [0.4, 0.5) is 15.8 Å². The average Bonchev–Trinajstić information content (AvgIpc) is 2.85. The van der Waals surface area contributed by atoms with Gasteiger partial charge in [-0.15, -0.1) is 0 Å². The Morgan fingerprint density at radius 2 is 1.57 bits per heavy atom. The van der Waals surface area contributed by atoms with Gasteiger partial charge in [-0.1, -0.05) is 42.5 Å². The summed E-state index contributed by atoms with van der Waals surface area (Å²) in [6, 6.07) is 23.5. The number of nitrogens with zero attached hydrogens (tertiary/aromatic N) is 1. The summed E-state index contributed by atoms with van der Waals surface area (Å²) in [7, 11) is -2.55. The molecule has 0 aliphatic heterocycles. The first-order chi connectivity index (χ1) is 16.7. The van der Waals surface area contributed by atoms with Crippen molar-refractivity contribution in [2.24, 2.45) is 0 Å². The van der Waals surface area contributed by atoms with E-state index in [1.165, 1.54) is 48.3 Å². The van der Waals surface area contributed by atoms with Gasteiger partial charge in [0, 0.05) is 29.4 Å². The number of benzene rings is 4. The molecule has 178 valence electrons. The van der Waals surface area contributed by atoms with Crippen LogP contribution in [-0.4, -0.2) is 38.7 Å². The van der Waals surface area contributed by atoms with Crippen LogP contribution in [0.3, 0.4) is 0 Å². The van der Waals surface area contributed by atoms with Crippen LogP contribution in [-0.2, 0) is 14.8 Å². The lowest BCUT2D eigenvalue weighted by Gasteiger charge is -2.18. The third kappa shape index (κ3) is 5.64. The fraction of sp³-hybridized carbons (Fsp3) is 0.0769. The Hall–Kier alpha value is -4.24. The van der Waals surface area contributed by atoms with Crippen molar-refractivity contribution in [3.8, 4) is 0 Å². The molecule has 0 fully saturated rings. The molecule has 4 aromatic rings. The largest absolute Gasteiger partial charge is 0.332 e. The second-order valence-corrected chi connectivity index (χ2v) is 9.56. The number of carbonyl (C=O) groups is 2. The summed E-state index contributed by atoms with van der Waals surface area (Å²) in [5.41, 5.74) is 0.923. The Bertz CT molecular complexity index is 1500. The lowest BCUT2D eigenvalue weighted by atomic mass is 10.1. The molecular formula is C26H22FN3O4S. The summed E-state index contributed by atoms with van der Waals surface area (Å²) in [4.78, 5) is 26.6. The van der Waals surface area contributed by atoms with Gasteiger partial charge in [0.05, 0.1) is 11.4 Å². The van der Waals surface area contributed by atoms with Crippen molar-refractivity contribution in [1.82, 2.24) is 4.90 Å². The van der Waals surface area contributed by atoms with E-state index in [1.807, 2.05) is 36.4 Å². The summed E-state index contributed by atoms with van der Waals surface area (Å²) in [5.74, 6) is -1.40. The predicted molar refractivity (Wildman–Crippen MR) is 133 cm³/mol. The zero-order chi connectivity index (χ0) is 25.0. The van der Waals surface area contributed by atoms with Crippen LogP contribution in [0.1, 0.15) is 10.4 Å². The minimum Gasteiger partial charge on any atom is -0.332 e. The van der Waals surface area contributed by atoms with Gasteiger partial charge in [0.15, 0.2) is 0 Å². The highest BCUT2D eigenvalue weighted by molar-refractivity contribution is 7.92. The van der Waals surface area contributed by atoms with Crippen molar-refractivity contribution >= 4 is 44.0 Å². The molecule has 0 atom stereocenters. The molecular weight excluding hydrogens is 469 g/mol. The van der Waals surface area contributed by atoms with Crippen molar-refractivity contribution in [2.45, 2.75) is 4.90 Å². The first kappa shape index (κ1) is 23.9. The van der Waals surface area contributed by atoms with E-state index >= 15 is 0 Å². The third-order valence-electron chi connectivity index (χ3n) is 5.28. The van der Waals surface area contributed by atoms with Crippen molar-refractivity contribution in [3.05, 3.63) is 102 Å². The zero-order valence-corrected chi connectivity index (χ0v) is 19.6. The van der Waals surface area contributed by atoms with Crippen LogP contribution in [0, 0.1) is 5.82 Å². The number of fused-ring (bicyclic) bond motifs is 1. The number of halogens is 1. The SMILES string of the molecule is CN(CC(=O)Nc1cccc2ccccc12)C(=O)c1cccc(S(=O)(=O)Nc2ccc(F)cc2)c1. The number of nitrogens with one attached hydrogen (secondary N) is 2. The molecule has 0 unspecified atom stereocenters. The summed E-state index contributed by atoms with van der Waals surface area (Å²) >= 11 is 0. The highest BCUT2D eigenvalue weighted by atomic mass is 32.2. The van der Waals surface area contributed by atoms with Crippen LogP contribution in [0.15, 0.2) is 95.9 Å². The molecule has 35 heavy (non-hydrogen) atoms. The monoisotopic (exact) mass is 491 g/mol. The number of amides is 2. The van der Waals surface area contributed by atoms with Gasteiger partial charge in [-0.05, 0) is 53.9 Å². The molecule has 0 bridgehead atoms. The molecule has 0 aliphatic rings. The molecule has 0 heterocycles. The summed E-state index contributed by atoms with van der Waals surface area (Å²) in [6.07, 6.45) is 0. The number of sulfonamides is 1. The quantitative estimate of drug-likeness (QED) is 0.398. The maximum atomic E-state index is 13.1. The van der Waals surface area contributed by atoms with E-state index in [0.717, 1.165) is 22.9 Å². The predicted octanol–water partition coefficient (Wildman–Crippen LogP) is 4.49. The van der Waals surface area contributed by atoms with Gasteiger partial charge >= 0.3 is 0 Å². The van der Waals surface area contributed by atoms with E-state index in [1.54, 1.807) is 6.07 Å². The van der Waals surface area contributed by atoms with E-state index in [0.29, 0.717) is 5.69 Å². The molecule has 4 rings (SSSR count). The first-order valence-electron chi connectivity index (χ1n) is 10.6. The Morgan fingerprint density at radius 1 is 0.886 bits per heavy atom. The van der Waals surface area contributed by atoms with Gasteiger partial charge in [-0.3, -0.25) is 14.3 Å². The van der Waals surface area contributed by atoms with Gasteiger partial charge in [0.1, 0.15) is 5.82 Å². The van der Waals surface area contributed by atoms with Crippen LogP contribution in [0.2, 0.25) is 0 Å². The Balaban J connectivity index is 1.45. The van der Waals surface area contributed by atoms with Gasteiger partial charge in [-0.25, -0.2) is 12.8 Å². The molecule has 2 amide bonds. The van der Waals surface area contributed by atoms with Crippen LogP contribution in [0.25, 0.3) is 10.8 Å². The maximum absolute atomic E-state index is 13.1. The number of likely N-dealkylation sites (N-methyl/N-ethyl adjacent to an activating group) is 1. The smallest absolute Gasteiger partial charge is 0.261 e. The van der Waals surface area contributed by atoms with Gasteiger partial charge in [-0.2, -0.15) is 0 Å². The molecule has 0 spiro atoms. The molecule has 0 aliphatic carbocycles. The summed E-state index contributed by atoms with van der Waals surface area (Å²) < 4.78 is 40.9. The minimum atomic E-state index is -4.01. The van der Waals surface area contributed by atoms with E-state index in [2.05, 4.69) is 10.0 Å². The topological polar surface area (TPSA) is 95.6 Å². The maximum Gasteiger partial charge on any atom is 0.261 e. The van der Waals surface area contributed by atoms with Crippen LogP contribution < -0.4 is 10.0 Å². The number of carbonyl (C=O) groups excluding carboxylic acids is 2. The second kappa shape index (κ2) is 9.94. The van der Waals surface area contributed by atoms with E-state index in [9.17, 15) is 22.4 Å². The van der Waals surface area contributed by atoms with E-state index in [4.69, 9.17) is 0 Å². The Labute approximate surface area is 202 Å². The second-order valence-electron chi connectivity index (χ2n) is 7.88.